The van der Waals surface area contributed by atoms with Crippen LogP contribution < -0.4 is 11.1 Å². The zero-order chi connectivity index (χ0) is 11.1. The van der Waals surface area contributed by atoms with Crippen molar-refractivity contribution in [3.05, 3.63) is 0 Å². The summed E-state index contributed by atoms with van der Waals surface area (Å²) in [6.45, 7) is 3.71. The molecule has 2 atom stereocenters. The van der Waals surface area contributed by atoms with E-state index in [1.165, 1.54) is 0 Å². The van der Waals surface area contributed by atoms with Crippen LogP contribution >= 0.6 is 0 Å². The zero-order valence-corrected chi connectivity index (χ0v) is 9.20. The standard InChI is InChI=1S/C10H20N2O3/c1-8-6-9(2-4-15-8)12-10(13)7-14-5-3-11/h8-9H,2-7,11H2,1H3,(H,12,13). The van der Waals surface area contributed by atoms with Crippen LogP contribution in [0.1, 0.15) is 19.8 Å². The number of carbonyl (C=O) groups is 1. The van der Waals surface area contributed by atoms with E-state index in [1.807, 2.05) is 6.92 Å². The molecule has 1 aliphatic heterocycles. The monoisotopic (exact) mass is 216 g/mol. The molecule has 88 valence electrons. The van der Waals surface area contributed by atoms with E-state index in [9.17, 15) is 4.79 Å². The molecule has 0 aromatic heterocycles. The van der Waals surface area contributed by atoms with E-state index >= 15 is 0 Å². The average molecular weight is 216 g/mol. The van der Waals surface area contributed by atoms with Crippen LogP contribution in [0.15, 0.2) is 0 Å². The van der Waals surface area contributed by atoms with Gasteiger partial charge in [-0.15, -0.1) is 0 Å². The van der Waals surface area contributed by atoms with Crippen molar-refractivity contribution in [1.82, 2.24) is 5.32 Å². The van der Waals surface area contributed by atoms with E-state index in [4.69, 9.17) is 15.2 Å². The molecule has 1 heterocycles. The molecule has 1 amide bonds. The molecular weight excluding hydrogens is 196 g/mol. The molecule has 0 aromatic carbocycles. The van der Waals surface area contributed by atoms with Crippen LogP contribution in [0, 0.1) is 0 Å². The summed E-state index contributed by atoms with van der Waals surface area (Å²) >= 11 is 0. The van der Waals surface area contributed by atoms with Gasteiger partial charge in [0.25, 0.3) is 0 Å². The van der Waals surface area contributed by atoms with Gasteiger partial charge in [0, 0.05) is 19.2 Å². The largest absolute Gasteiger partial charge is 0.378 e. The summed E-state index contributed by atoms with van der Waals surface area (Å²) < 4.78 is 10.4. The molecule has 0 saturated carbocycles. The SMILES string of the molecule is CC1CC(NC(=O)COCCN)CCO1. The van der Waals surface area contributed by atoms with E-state index in [1.54, 1.807) is 0 Å². The van der Waals surface area contributed by atoms with Gasteiger partial charge in [-0.2, -0.15) is 0 Å². The predicted octanol–water partition coefficient (Wildman–Crippen LogP) is -0.355. The average Bonchev–Trinajstić information content (AvgIpc) is 2.18. The molecule has 0 bridgehead atoms. The third-order valence-corrected chi connectivity index (χ3v) is 2.35. The normalized spacial score (nSPS) is 26.3. The van der Waals surface area contributed by atoms with Crippen molar-refractivity contribution in [2.45, 2.75) is 31.9 Å². The Morgan fingerprint density at radius 3 is 3.13 bits per heavy atom. The first kappa shape index (κ1) is 12.4. The van der Waals surface area contributed by atoms with Crippen LogP contribution in [0.3, 0.4) is 0 Å². The molecule has 1 fully saturated rings. The van der Waals surface area contributed by atoms with Crippen LogP contribution in [0.4, 0.5) is 0 Å². The van der Waals surface area contributed by atoms with Crippen LogP contribution in [0.5, 0.6) is 0 Å². The maximum atomic E-state index is 11.4. The quantitative estimate of drug-likeness (QED) is 0.616. The van der Waals surface area contributed by atoms with Gasteiger partial charge in [0.1, 0.15) is 6.61 Å². The highest BCUT2D eigenvalue weighted by atomic mass is 16.5. The Labute approximate surface area is 90.3 Å². The molecular formula is C10H20N2O3. The van der Waals surface area contributed by atoms with Crippen LogP contribution in [0.2, 0.25) is 0 Å². The number of nitrogens with two attached hydrogens (primary N) is 1. The van der Waals surface area contributed by atoms with Gasteiger partial charge in [0.05, 0.1) is 12.7 Å². The highest BCUT2D eigenvalue weighted by molar-refractivity contribution is 5.77. The summed E-state index contributed by atoms with van der Waals surface area (Å²) in [6, 6.07) is 0.225. The van der Waals surface area contributed by atoms with Crippen LogP contribution in [0.25, 0.3) is 0 Å². The summed E-state index contributed by atoms with van der Waals surface area (Å²) in [5.41, 5.74) is 5.24. The molecule has 1 aliphatic rings. The Kier molecular flexibility index (Phi) is 5.60. The van der Waals surface area contributed by atoms with Gasteiger partial charge in [-0.3, -0.25) is 4.79 Å². The summed E-state index contributed by atoms with van der Waals surface area (Å²) in [6.07, 6.45) is 1.99. The Morgan fingerprint density at radius 1 is 1.67 bits per heavy atom. The molecule has 5 nitrogen and oxygen atoms in total. The lowest BCUT2D eigenvalue weighted by Gasteiger charge is -2.27. The van der Waals surface area contributed by atoms with E-state index in [-0.39, 0.29) is 24.7 Å². The second-order valence-corrected chi connectivity index (χ2v) is 3.81. The van der Waals surface area contributed by atoms with Crippen molar-refractivity contribution >= 4 is 5.91 Å². The molecule has 2 unspecified atom stereocenters. The summed E-state index contributed by atoms with van der Waals surface area (Å²) in [7, 11) is 0. The molecule has 1 saturated heterocycles. The van der Waals surface area contributed by atoms with Crippen molar-refractivity contribution in [2.24, 2.45) is 5.73 Å². The lowest BCUT2D eigenvalue weighted by molar-refractivity contribution is -0.127. The molecule has 5 heteroatoms. The minimum atomic E-state index is -0.0671. The fourth-order valence-corrected chi connectivity index (χ4v) is 1.65. The molecule has 15 heavy (non-hydrogen) atoms. The summed E-state index contributed by atoms with van der Waals surface area (Å²) in [5, 5.41) is 2.92. The summed E-state index contributed by atoms with van der Waals surface area (Å²) in [4.78, 5) is 11.4. The van der Waals surface area contributed by atoms with Crippen molar-refractivity contribution in [3.8, 4) is 0 Å². The van der Waals surface area contributed by atoms with E-state index in [0.717, 1.165) is 19.4 Å². The topological polar surface area (TPSA) is 73.6 Å². The molecule has 3 N–H and O–H groups in total. The zero-order valence-electron chi connectivity index (χ0n) is 9.20. The second-order valence-electron chi connectivity index (χ2n) is 3.81. The second kappa shape index (κ2) is 6.76. The Morgan fingerprint density at radius 2 is 2.47 bits per heavy atom. The first-order valence-corrected chi connectivity index (χ1v) is 5.41. The number of hydrogen-bond donors (Lipinski definition) is 2. The lowest BCUT2D eigenvalue weighted by atomic mass is 10.0. The van der Waals surface area contributed by atoms with Crippen LogP contribution in [-0.4, -0.2) is 44.4 Å². The summed E-state index contributed by atoms with van der Waals surface area (Å²) in [5.74, 6) is -0.0671. The first-order chi connectivity index (χ1) is 7.22. The number of rotatable bonds is 5. The van der Waals surface area contributed by atoms with Crippen molar-refractivity contribution in [2.75, 3.05) is 26.4 Å². The number of amides is 1. The molecule has 0 aromatic rings. The highest BCUT2D eigenvalue weighted by Crippen LogP contribution is 2.12. The van der Waals surface area contributed by atoms with Gasteiger partial charge < -0.3 is 20.5 Å². The molecule has 0 spiro atoms. The maximum Gasteiger partial charge on any atom is 0.246 e. The van der Waals surface area contributed by atoms with E-state index < -0.39 is 0 Å². The van der Waals surface area contributed by atoms with Gasteiger partial charge in [-0.25, -0.2) is 0 Å². The molecule has 1 rings (SSSR count). The molecule has 0 aliphatic carbocycles. The van der Waals surface area contributed by atoms with E-state index in [0.29, 0.717) is 13.2 Å². The highest BCUT2D eigenvalue weighted by Gasteiger charge is 2.20. The number of carbonyl (C=O) groups excluding carboxylic acids is 1. The fourth-order valence-electron chi connectivity index (χ4n) is 1.65. The van der Waals surface area contributed by atoms with Crippen molar-refractivity contribution in [3.63, 3.8) is 0 Å². The third-order valence-electron chi connectivity index (χ3n) is 2.35. The Hall–Kier alpha value is -0.650. The fraction of sp³-hybridized carbons (Fsp3) is 0.900. The minimum absolute atomic E-state index is 0.0671. The van der Waals surface area contributed by atoms with Gasteiger partial charge in [0.15, 0.2) is 0 Å². The first-order valence-electron chi connectivity index (χ1n) is 5.41. The van der Waals surface area contributed by atoms with Gasteiger partial charge in [-0.05, 0) is 19.8 Å². The van der Waals surface area contributed by atoms with Crippen LogP contribution in [-0.2, 0) is 14.3 Å². The van der Waals surface area contributed by atoms with E-state index in [2.05, 4.69) is 5.32 Å². The lowest BCUT2D eigenvalue weighted by Crippen LogP contribution is -2.42. The van der Waals surface area contributed by atoms with Gasteiger partial charge in [0.2, 0.25) is 5.91 Å². The van der Waals surface area contributed by atoms with Crippen molar-refractivity contribution < 1.29 is 14.3 Å². The number of ether oxygens (including phenoxy) is 2. The predicted molar refractivity (Wildman–Crippen MR) is 56.5 cm³/mol. The van der Waals surface area contributed by atoms with Gasteiger partial charge in [-0.1, -0.05) is 0 Å². The minimum Gasteiger partial charge on any atom is -0.378 e. The Bertz CT molecular complexity index is 199. The number of nitrogens with one attached hydrogen (secondary N) is 1. The Balaban J connectivity index is 2.13. The van der Waals surface area contributed by atoms with Gasteiger partial charge >= 0.3 is 0 Å². The smallest absolute Gasteiger partial charge is 0.246 e. The third kappa shape index (κ3) is 5.11. The number of hydrogen-bond acceptors (Lipinski definition) is 4. The van der Waals surface area contributed by atoms with Crippen molar-refractivity contribution in [1.29, 1.82) is 0 Å². The molecule has 0 radical (unpaired) electrons. The maximum absolute atomic E-state index is 11.4.